The standard InChI is InChI=1S/C14H14N6O/c1-10-6-11(3-5-14(10)20-9-17-18-19-20)15-7-12-2-4-13(21)8-16-12/h2-6,8-9,15,21H,7H2,1H3. The van der Waals surface area contributed by atoms with Crippen LogP contribution in [0.2, 0.25) is 0 Å². The first-order valence-electron chi connectivity index (χ1n) is 6.44. The third-order valence-electron chi connectivity index (χ3n) is 3.08. The van der Waals surface area contributed by atoms with Crippen molar-refractivity contribution in [1.82, 2.24) is 25.2 Å². The number of rotatable bonds is 4. The fraction of sp³-hybridized carbons (Fsp3) is 0.143. The lowest BCUT2D eigenvalue weighted by Crippen LogP contribution is -2.03. The zero-order valence-corrected chi connectivity index (χ0v) is 11.4. The molecule has 0 aliphatic heterocycles. The Morgan fingerprint density at radius 1 is 1.24 bits per heavy atom. The molecule has 2 aromatic heterocycles. The van der Waals surface area contributed by atoms with Gasteiger partial charge in [0.25, 0.3) is 0 Å². The van der Waals surface area contributed by atoms with Crippen molar-refractivity contribution in [2.75, 3.05) is 5.32 Å². The fourth-order valence-electron chi connectivity index (χ4n) is 2.01. The van der Waals surface area contributed by atoms with Crippen LogP contribution >= 0.6 is 0 Å². The Hall–Kier alpha value is -2.96. The first kappa shape index (κ1) is 13.0. The number of nitrogens with zero attached hydrogens (tertiary/aromatic N) is 5. The monoisotopic (exact) mass is 282 g/mol. The van der Waals surface area contributed by atoms with Crippen molar-refractivity contribution in [2.45, 2.75) is 13.5 Å². The summed E-state index contributed by atoms with van der Waals surface area (Å²) < 4.78 is 1.63. The van der Waals surface area contributed by atoms with Gasteiger partial charge in [0.15, 0.2) is 0 Å². The van der Waals surface area contributed by atoms with E-state index in [2.05, 4.69) is 25.8 Å². The minimum Gasteiger partial charge on any atom is -0.506 e. The number of pyridine rings is 1. The molecule has 1 aromatic carbocycles. The number of tetrazole rings is 1. The number of aromatic hydroxyl groups is 1. The molecule has 0 aliphatic carbocycles. The SMILES string of the molecule is Cc1cc(NCc2ccc(O)cn2)ccc1-n1cnnn1. The Bertz CT molecular complexity index is 724. The van der Waals surface area contributed by atoms with Crippen molar-refractivity contribution >= 4 is 5.69 Å². The predicted molar refractivity (Wildman–Crippen MR) is 77.1 cm³/mol. The molecule has 0 radical (unpaired) electrons. The van der Waals surface area contributed by atoms with E-state index in [1.165, 1.54) is 6.20 Å². The first-order valence-corrected chi connectivity index (χ1v) is 6.44. The lowest BCUT2D eigenvalue weighted by atomic mass is 10.1. The molecule has 0 saturated carbocycles. The van der Waals surface area contributed by atoms with Gasteiger partial charge in [-0.15, -0.1) is 5.10 Å². The molecule has 0 fully saturated rings. The summed E-state index contributed by atoms with van der Waals surface area (Å²) in [6.07, 6.45) is 3.00. The molecule has 3 rings (SSSR count). The number of aryl methyl sites for hydroxylation is 1. The van der Waals surface area contributed by atoms with E-state index in [4.69, 9.17) is 0 Å². The highest BCUT2D eigenvalue weighted by Crippen LogP contribution is 2.18. The molecule has 0 aliphatic rings. The van der Waals surface area contributed by atoms with Crippen molar-refractivity contribution in [3.8, 4) is 11.4 Å². The molecule has 2 heterocycles. The van der Waals surface area contributed by atoms with Gasteiger partial charge in [0.1, 0.15) is 12.1 Å². The second-order valence-corrected chi connectivity index (χ2v) is 4.62. The summed E-state index contributed by atoms with van der Waals surface area (Å²) in [7, 11) is 0. The first-order chi connectivity index (χ1) is 10.2. The van der Waals surface area contributed by atoms with Gasteiger partial charge in [-0.05, 0) is 53.2 Å². The van der Waals surface area contributed by atoms with Crippen molar-refractivity contribution in [3.05, 3.63) is 54.1 Å². The molecule has 0 bridgehead atoms. The van der Waals surface area contributed by atoms with E-state index in [0.29, 0.717) is 6.54 Å². The summed E-state index contributed by atoms with van der Waals surface area (Å²) in [5.41, 5.74) is 3.84. The third-order valence-corrected chi connectivity index (χ3v) is 3.08. The molecule has 2 N–H and O–H groups in total. The van der Waals surface area contributed by atoms with E-state index < -0.39 is 0 Å². The summed E-state index contributed by atoms with van der Waals surface area (Å²) in [5.74, 6) is 0.167. The van der Waals surface area contributed by atoms with Crippen LogP contribution in [0, 0.1) is 6.92 Å². The highest BCUT2D eigenvalue weighted by molar-refractivity contribution is 5.53. The molecule has 0 saturated heterocycles. The number of anilines is 1. The van der Waals surface area contributed by atoms with Crippen molar-refractivity contribution < 1.29 is 5.11 Å². The lowest BCUT2D eigenvalue weighted by molar-refractivity contribution is 0.472. The maximum atomic E-state index is 9.20. The topological polar surface area (TPSA) is 88.8 Å². The molecule has 7 nitrogen and oxygen atoms in total. The van der Waals surface area contributed by atoms with E-state index in [-0.39, 0.29) is 5.75 Å². The normalized spacial score (nSPS) is 10.5. The fourth-order valence-corrected chi connectivity index (χ4v) is 2.01. The van der Waals surface area contributed by atoms with Crippen LogP contribution in [0.4, 0.5) is 5.69 Å². The zero-order valence-electron chi connectivity index (χ0n) is 11.4. The molecule has 7 heteroatoms. The van der Waals surface area contributed by atoms with Crippen molar-refractivity contribution in [2.24, 2.45) is 0 Å². The van der Waals surface area contributed by atoms with Crippen molar-refractivity contribution in [1.29, 1.82) is 0 Å². The summed E-state index contributed by atoms with van der Waals surface area (Å²) >= 11 is 0. The van der Waals surface area contributed by atoms with Crippen LogP contribution in [0.25, 0.3) is 5.69 Å². The predicted octanol–water partition coefficient (Wildman–Crippen LogP) is 1.68. The third kappa shape index (κ3) is 2.97. The van der Waals surface area contributed by atoms with E-state index in [9.17, 15) is 5.11 Å². The van der Waals surface area contributed by atoms with E-state index in [1.54, 1.807) is 23.1 Å². The van der Waals surface area contributed by atoms with E-state index >= 15 is 0 Å². The van der Waals surface area contributed by atoms with Crippen LogP contribution in [0.15, 0.2) is 42.9 Å². The van der Waals surface area contributed by atoms with Gasteiger partial charge in [0.2, 0.25) is 0 Å². The summed E-state index contributed by atoms with van der Waals surface area (Å²) in [6.45, 7) is 2.59. The molecule has 3 aromatic rings. The van der Waals surface area contributed by atoms with Crippen molar-refractivity contribution in [3.63, 3.8) is 0 Å². The van der Waals surface area contributed by atoms with Gasteiger partial charge in [-0.2, -0.15) is 0 Å². The maximum Gasteiger partial charge on any atom is 0.143 e. The number of nitrogens with one attached hydrogen (secondary N) is 1. The Morgan fingerprint density at radius 3 is 2.81 bits per heavy atom. The molecule has 0 spiro atoms. The average molecular weight is 282 g/mol. The summed E-state index contributed by atoms with van der Waals surface area (Å²) in [6, 6.07) is 9.35. The molecule has 106 valence electrons. The van der Waals surface area contributed by atoms with Gasteiger partial charge >= 0.3 is 0 Å². The largest absolute Gasteiger partial charge is 0.506 e. The second kappa shape index (κ2) is 5.58. The molecular weight excluding hydrogens is 268 g/mol. The molecule has 0 amide bonds. The van der Waals surface area contributed by atoms with Gasteiger partial charge in [0.05, 0.1) is 24.1 Å². The Labute approximate surface area is 121 Å². The number of benzene rings is 1. The smallest absolute Gasteiger partial charge is 0.143 e. The Balaban J connectivity index is 1.72. The van der Waals surface area contributed by atoms with Gasteiger partial charge in [0, 0.05) is 5.69 Å². The number of aromatic nitrogens is 5. The minimum absolute atomic E-state index is 0.167. The van der Waals surface area contributed by atoms with E-state index in [1.807, 2.05) is 25.1 Å². The van der Waals surface area contributed by atoms with Gasteiger partial charge in [-0.1, -0.05) is 0 Å². The highest BCUT2D eigenvalue weighted by atomic mass is 16.3. The van der Waals surface area contributed by atoms with Gasteiger partial charge in [-0.25, -0.2) is 4.68 Å². The lowest BCUT2D eigenvalue weighted by Gasteiger charge is -2.10. The molecular formula is C14H14N6O. The van der Waals surface area contributed by atoms with Crippen LogP contribution in [0.3, 0.4) is 0 Å². The quantitative estimate of drug-likeness (QED) is 0.757. The van der Waals surface area contributed by atoms with Crippen LogP contribution in [-0.2, 0) is 6.54 Å². The summed E-state index contributed by atoms with van der Waals surface area (Å²) in [5, 5.41) is 23.6. The highest BCUT2D eigenvalue weighted by Gasteiger charge is 2.04. The Kier molecular flexibility index (Phi) is 3.46. The number of hydrogen-bond donors (Lipinski definition) is 2. The van der Waals surface area contributed by atoms with E-state index in [0.717, 1.165) is 22.6 Å². The van der Waals surface area contributed by atoms with Crippen LogP contribution in [0.5, 0.6) is 5.75 Å². The zero-order chi connectivity index (χ0) is 14.7. The molecule has 21 heavy (non-hydrogen) atoms. The van der Waals surface area contributed by atoms with Gasteiger partial charge in [-0.3, -0.25) is 4.98 Å². The van der Waals surface area contributed by atoms with Gasteiger partial charge < -0.3 is 10.4 Å². The second-order valence-electron chi connectivity index (χ2n) is 4.62. The minimum atomic E-state index is 0.167. The van der Waals surface area contributed by atoms with Crippen LogP contribution < -0.4 is 5.32 Å². The maximum absolute atomic E-state index is 9.20. The average Bonchev–Trinajstić information content (AvgIpc) is 3.01. The Morgan fingerprint density at radius 2 is 2.14 bits per heavy atom. The van der Waals surface area contributed by atoms with Crippen LogP contribution in [-0.4, -0.2) is 30.3 Å². The summed E-state index contributed by atoms with van der Waals surface area (Å²) in [4.78, 5) is 4.13. The molecule has 0 atom stereocenters. The molecule has 0 unspecified atom stereocenters. The number of hydrogen-bond acceptors (Lipinski definition) is 6. The van der Waals surface area contributed by atoms with Crippen LogP contribution in [0.1, 0.15) is 11.3 Å².